The van der Waals surface area contributed by atoms with Crippen LogP contribution < -0.4 is 0 Å². The summed E-state index contributed by atoms with van der Waals surface area (Å²) in [4.78, 5) is 2.22. The van der Waals surface area contributed by atoms with Gasteiger partial charge in [-0.25, -0.2) is 0 Å². The Hall–Kier alpha value is 0.140. The lowest BCUT2D eigenvalue weighted by molar-refractivity contribution is 0.400. The van der Waals surface area contributed by atoms with Crippen LogP contribution in [0.15, 0.2) is 15.2 Å². The maximum Gasteiger partial charge on any atom is 0.0314 e. The first-order valence-electron chi connectivity index (χ1n) is 4.05. The minimum Gasteiger partial charge on any atom is -0.309 e. The molecule has 3 heteroatoms. The third-order valence-electron chi connectivity index (χ3n) is 1.74. The molecule has 1 rings (SSSR count). The van der Waals surface area contributed by atoms with Crippen molar-refractivity contribution in [3.8, 4) is 0 Å². The molecule has 0 amide bonds. The quantitative estimate of drug-likeness (QED) is 0.791. The smallest absolute Gasteiger partial charge is 0.0314 e. The van der Waals surface area contributed by atoms with Gasteiger partial charge in [-0.15, -0.1) is 0 Å². The van der Waals surface area contributed by atoms with E-state index in [1.807, 2.05) is 0 Å². The standard InChI is InChI=1S/C9H14BrNS/c1-11(2)5-3-4-8-6-12-7-9(8)10/h6-7H,3-5H2,1-2H3. The Labute approximate surface area is 86.5 Å². The maximum atomic E-state index is 3.53. The molecule has 0 saturated carbocycles. The molecule has 1 heterocycles. The van der Waals surface area contributed by atoms with Gasteiger partial charge >= 0.3 is 0 Å². The van der Waals surface area contributed by atoms with Crippen LogP contribution in [0.5, 0.6) is 0 Å². The molecule has 0 spiro atoms. The second kappa shape index (κ2) is 5.00. The number of nitrogens with zero attached hydrogens (tertiary/aromatic N) is 1. The minimum atomic E-state index is 1.17. The molecule has 0 fully saturated rings. The first kappa shape index (κ1) is 10.2. The number of hydrogen-bond acceptors (Lipinski definition) is 2. The molecule has 0 atom stereocenters. The monoisotopic (exact) mass is 247 g/mol. The Kier molecular flexibility index (Phi) is 4.26. The van der Waals surface area contributed by atoms with Gasteiger partial charge in [-0.2, -0.15) is 11.3 Å². The molecular weight excluding hydrogens is 234 g/mol. The Bertz CT molecular complexity index is 232. The van der Waals surface area contributed by atoms with Crippen molar-refractivity contribution in [1.82, 2.24) is 4.90 Å². The summed E-state index contributed by atoms with van der Waals surface area (Å²) in [7, 11) is 4.23. The van der Waals surface area contributed by atoms with Crippen molar-refractivity contribution in [1.29, 1.82) is 0 Å². The Morgan fingerprint density at radius 3 is 2.67 bits per heavy atom. The van der Waals surface area contributed by atoms with Crippen molar-refractivity contribution < 1.29 is 0 Å². The van der Waals surface area contributed by atoms with E-state index in [4.69, 9.17) is 0 Å². The normalized spacial score (nSPS) is 11.0. The first-order valence-corrected chi connectivity index (χ1v) is 5.79. The van der Waals surface area contributed by atoms with Crippen molar-refractivity contribution in [3.05, 3.63) is 20.8 Å². The van der Waals surface area contributed by atoms with E-state index >= 15 is 0 Å². The van der Waals surface area contributed by atoms with E-state index in [2.05, 4.69) is 45.7 Å². The van der Waals surface area contributed by atoms with Crippen LogP contribution in [0.1, 0.15) is 12.0 Å². The second-order valence-corrected chi connectivity index (χ2v) is 4.75. The van der Waals surface area contributed by atoms with E-state index in [9.17, 15) is 0 Å². The molecule has 1 nitrogen and oxygen atoms in total. The molecule has 0 aliphatic heterocycles. The van der Waals surface area contributed by atoms with Gasteiger partial charge in [0.15, 0.2) is 0 Å². The van der Waals surface area contributed by atoms with Gasteiger partial charge in [0.1, 0.15) is 0 Å². The summed E-state index contributed by atoms with van der Waals surface area (Å²) >= 11 is 5.29. The van der Waals surface area contributed by atoms with Crippen LogP contribution in [0.2, 0.25) is 0 Å². The zero-order valence-corrected chi connectivity index (χ0v) is 9.91. The highest BCUT2D eigenvalue weighted by molar-refractivity contribution is 9.10. The van der Waals surface area contributed by atoms with Crippen LogP contribution in [0.3, 0.4) is 0 Å². The third-order valence-corrected chi connectivity index (χ3v) is 3.57. The fourth-order valence-corrected chi connectivity index (χ4v) is 2.61. The summed E-state index contributed by atoms with van der Waals surface area (Å²) in [6, 6.07) is 0. The van der Waals surface area contributed by atoms with Crippen molar-refractivity contribution >= 4 is 27.3 Å². The molecule has 0 unspecified atom stereocenters. The van der Waals surface area contributed by atoms with Crippen LogP contribution in [-0.2, 0) is 6.42 Å². The van der Waals surface area contributed by atoms with Gasteiger partial charge in [-0.1, -0.05) is 0 Å². The average Bonchev–Trinajstić information content (AvgIpc) is 2.36. The number of hydrogen-bond donors (Lipinski definition) is 0. The summed E-state index contributed by atoms with van der Waals surface area (Å²) < 4.78 is 1.27. The van der Waals surface area contributed by atoms with Gasteiger partial charge in [-0.05, 0) is 60.4 Å². The fraction of sp³-hybridized carbons (Fsp3) is 0.556. The lowest BCUT2D eigenvalue weighted by Crippen LogP contribution is -2.13. The molecule has 0 bridgehead atoms. The van der Waals surface area contributed by atoms with Crippen molar-refractivity contribution in [2.24, 2.45) is 0 Å². The Morgan fingerprint density at radius 2 is 2.17 bits per heavy atom. The molecule has 0 radical (unpaired) electrons. The molecule has 0 aliphatic rings. The summed E-state index contributed by atoms with van der Waals surface area (Å²) in [5.74, 6) is 0. The molecule has 1 aromatic rings. The van der Waals surface area contributed by atoms with Crippen LogP contribution in [0.25, 0.3) is 0 Å². The molecule has 68 valence electrons. The van der Waals surface area contributed by atoms with E-state index in [1.165, 1.54) is 29.4 Å². The maximum absolute atomic E-state index is 3.53. The van der Waals surface area contributed by atoms with Crippen LogP contribution in [-0.4, -0.2) is 25.5 Å². The molecule has 12 heavy (non-hydrogen) atoms. The Balaban J connectivity index is 2.29. The SMILES string of the molecule is CN(C)CCCc1cscc1Br. The van der Waals surface area contributed by atoms with Gasteiger partial charge in [0, 0.05) is 9.85 Å². The van der Waals surface area contributed by atoms with E-state index in [1.54, 1.807) is 11.3 Å². The summed E-state index contributed by atoms with van der Waals surface area (Å²) in [5.41, 5.74) is 1.45. The average molecular weight is 248 g/mol. The van der Waals surface area contributed by atoms with Crippen LogP contribution in [0.4, 0.5) is 0 Å². The highest BCUT2D eigenvalue weighted by Gasteiger charge is 2.00. The highest BCUT2D eigenvalue weighted by Crippen LogP contribution is 2.22. The van der Waals surface area contributed by atoms with E-state index in [0.717, 1.165) is 0 Å². The predicted molar refractivity (Wildman–Crippen MR) is 58.9 cm³/mol. The van der Waals surface area contributed by atoms with Crippen molar-refractivity contribution in [2.45, 2.75) is 12.8 Å². The lowest BCUT2D eigenvalue weighted by atomic mass is 10.2. The largest absolute Gasteiger partial charge is 0.309 e. The van der Waals surface area contributed by atoms with Crippen molar-refractivity contribution in [3.63, 3.8) is 0 Å². The summed E-state index contributed by atoms with van der Waals surface area (Å²) in [6.45, 7) is 1.17. The van der Waals surface area contributed by atoms with Gasteiger partial charge < -0.3 is 4.90 Å². The Morgan fingerprint density at radius 1 is 1.42 bits per heavy atom. The molecular formula is C9H14BrNS. The molecule has 1 aromatic heterocycles. The van der Waals surface area contributed by atoms with Crippen LogP contribution >= 0.6 is 27.3 Å². The third kappa shape index (κ3) is 3.25. The number of thiophene rings is 1. The number of rotatable bonds is 4. The zero-order valence-electron chi connectivity index (χ0n) is 7.51. The predicted octanol–water partition coefficient (Wildman–Crippen LogP) is 3.00. The molecule has 0 N–H and O–H groups in total. The topological polar surface area (TPSA) is 3.24 Å². The van der Waals surface area contributed by atoms with Gasteiger partial charge in [-0.3, -0.25) is 0 Å². The summed E-state index contributed by atoms with van der Waals surface area (Å²) in [5, 5.41) is 4.37. The van der Waals surface area contributed by atoms with Gasteiger partial charge in [0.25, 0.3) is 0 Å². The number of halogens is 1. The number of aryl methyl sites for hydroxylation is 1. The molecule has 0 aliphatic carbocycles. The fourth-order valence-electron chi connectivity index (χ4n) is 1.07. The molecule has 0 aromatic carbocycles. The lowest BCUT2D eigenvalue weighted by Gasteiger charge is -2.08. The van der Waals surface area contributed by atoms with E-state index < -0.39 is 0 Å². The van der Waals surface area contributed by atoms with E-state index in [-0.39, 0.29) is 0 Å². The first-order chi connectivity index (χ1) is 5.70. The highest BCUT2D eigenvalue weighted by atomic mass is 79.9. The second-order valence-electron chi connectivity index (χ2n) is 3.15. The van der Waals surface area contributed by atoms with Crippen molar-refractivity contribution in [2.75, 3.05) is 20.6 Å². The summed E-state index contributed by atoms with van der Waals surface area (Å²) in [6.07, 6.45) is 2.42. The van der Waals surface area contributed by atoms with Gasteiger partial charge in [0.2, 0.25) is 0 Å². The minimum absolute atomic E-state index is 1.17. The van der Waals surface area contributed by atoms with E-state index in [0.29, 0.717) is 0 Å². The zero-order chi connectivity index (χ0) is 8.97. The van der Waals surface area contributed by atoms with Crippen LogP contribution in [0, 0.1) is 0 Å². The van der Waals surface area contributed by atoms with Gasteiger partial charge in [0.05, 0.1) is 0 Å². The molecule has 0 saturated heterocycles.